The molecule has 0 unspecified atom stereocenters. The van der Waals surface area contributed by atoms with Gasteiger partial charge in [0, 0.05) is 32.7 Å². The Morgan fingerprint density at radius 1 is 1.25 bits per heavy atom. The van der Waals surface area contributed by atoms with Gasteiger partial charge in [-0.3, -0.25) is 0 Å². The summed E-state index contributed by atoms with van der Waals surface area (Å²) >= 11 is 0. The van der Waals surface area contributed by atoms with Crippen molar-refractivity contribution in [1.29, 1.82) is 0 Å². The van der Waals surface area contributed by atoms with Crippen LogP contribution in [0.3, 0.4) is 0 Å². The third-order valence-electron chi connectivity index (χ3n) is 0.942. The van der Waals surface area contributed by atoms with Crippen LogP contribution in [0.25, 0.3) is 0 Å². The quantitative estimate of drug-likeness (QED) is 0.659. The van der Waals surface area contributed by atoms with E-state index in [2.05, 4.69) is 0 Å². The number of aliphatic hydroxyl groups excluding tert-OH is 1. The van der Waals surface area contributed by atoms with Crippen LogP contribution >= 0.6 is 0 Å². The van der Waals surface area contributed by atoms with Crippen molar-refractivity contribution in [2.75, 3.05) is 0 Å². The zero-order valence-electron chi connectivity index (χ0n) is 6.02. The van der Waals surface area contributed by atoms with Crippen LogP contribution in [-0.4, -0.2) is 11.2 Å². The fraction of sp³-hybridized carbons (Fsp3) is 0.833. The molecule has 0 heterocycles. The van der Waals surface area contributed by atoms with E-state index in [4.69, 9.17) is 5.11 Å². The zero-order chi connectivity index (χ0) is 4.99. The van der Waals surface area contributed by atoms with Crippen molar-refractivity contribution in [3.63, 3.8) is 0 Å². The second-order valence-corrected chi connectivity index (χ2v) is 1.47. The molecule has 0 aliphatic rings. The molecule has 0 spiro atoms. The smallest absolute Gasteiger partial charge is 0.0535 e. The zero-order valence-corrected chi connectivity index (χ0v) is 8.85. The average molecular weight is 192 g/mol. The summed E-state index contributed by atoms with van der Waals surface area (Å²) in [4.78, 5) is 0. The van der Waals surface area contributed by atoms with Crippen LogP contribution in [-0.2, 0) is 32.7 Å². The molecule has 0 saturated carbocycles. The van der Waals surface area contributed by atoms with E-state index in [-0.39, 0.29) is 46.2 Å². The Balaban J connectivity index is -0.000000125. The molecule has 0 atom stereocenters. The van der Waals surface area contributed by atoms with Crippen LogP contribution in [0.15, 0.2) is 0 Å². The molecule has 0 rings (SSSR count). The minimum Gasteiger partial charge on any atom is -0.393 e. The second kappa shape index (κ2) is 10.9. The minimum atomic E-state index is -0.0648. The third-order valence-corrected chi connectivity index (χ3v) is 0.942. The van der Waals surface area contributed by atoms with Gasteiger partial charge in [0.1, 0.15) is 0 Å². The molecule has 2 heteroatoms. The van der Waals surface area contributed by atoms with Gasteiger partial charge in [-0.05, 0) is 12.8 Å². The van der Waals surface area contributed by atoms with Crippen LogP contribution in [0.2, 0.25) is 0 Å². The van der Waals surface area contributed by atoms with Crippen molar-refractivity contribution in [2.24, 2.45) is 0 Å². The number of rotatable bonds is 2. The van der Waals surface area contributed by atoms with Gasteiger partial charge in [0.25, 0.3) is 0 Å². The first-order valence-electron chi connectivity index (χ1n) is 2.49. The van der Waals surface area contributed by atoms with E-state index >= 15 is 0 Å². The van der Waals surface area contributed by atoms with Crippen LogP contribution in [0, 0.1) is 7.43 Å². The maximum Gasteiger partial charge on any atom is 0.0535 e. The molecule has 0 aromatic carbocycles. The molecular formula is C6H15OY-. The fourth-order valence-electron chi connectivity index (χ4n) is 0.289. The van der Waals surface area contributed by atoms with Gasteiger partial charge in [-0.2, -0.15) is 0 Å². The number of hydrogen-bond acceptors (Lipinski definition) is 1. The molecule has 1 N–H and O–H groups in total. The van der Waals surface area contributed by atoms with E-state index in [0.717, 1.165) is 12.8 Å². The van der Waals surface area contributed by atoms with E-state index in [9.17, 15) is 0 Å². The maximum absolute atomic E-state index is 8.67. The van der Waals surface area contributed by atoms with E-state index in [1.165, 1.54) is 0 Å². The van der Waals surface area contributed by atoms with Crippen molar-refractivity contribution in [3.8, 4) is 0 Å². The maximum atomic E-state index is 8.67. The molecule has 0 aromatic heterocycles. The van der Waals surface area contributed by atoms with Gasteiger partial charge in [-0.25, -0.2) is 0 Å². The molecule has 0 saturated heterocycles. The Morgan fingerprint density at radius 3 is 1.50 bits per heavy atom. The largest absolute Gasteiger partial charge is 0.393 e. The van der Waals surface area contributed by atoms with Gasteiger partial charge in [-0.15, -0.1) is 0 Å². The topological polar surface area (TPSA) is 20.2 Å². The van der Waals surface area contributed by atoms with Gasteiger partial charge in [-0.1, -0.05) is 13.8 Å². The van der Waals surface area contributed by atoms with E-state index in [0.29, 0.717) is 0 Å². The molecule has 0 aliphatic heterocycles. The fourth-order valence-corrected chi connectivity index (χ4v) is 0.289. The SMILES string of the molecule is CCC(O)CC.[CH3-].[Y]. The van der Waals surface area contributed by atoms with Gasteiger partial charge in [0.05, 0.1) is 6.10 Å². The Kier molecular flexibility index (Phi) is 21.9. The molecule has 0 fully saturated rings. The molecule has 8 heavy (non-hydrogen) atoms. The van der Waals surface area contributed by atoms with Gasteiger partial charge < -0.3 is 12.5 Å². The summed E-state index contributed by atoms with van der Waals surface area (Å²) in [6.07, 6.45) is 1.71. The van der Waals surface area contributed by atoms with Gasteiger partial charge >= 0.3 is 0 Å². The third kappa shape index (κ3) is 10.1. The molecule has 49 valence electrons. The number of aliphatic hydroxyl groups is 1. The second-order valence-electron chi connectivity index (χ2n) is 1.47. The Labute approximate surface area is 77.7 Å². The van der Waals surface area contributed by atoms with Crippen LogP contribution in [0.1, 0.15) is 26.7 Å². The van der Waals surface area contributed by atoms with Crippen molar-refractivity contribution in [1.82, 2.24) is 0 Å². The molecule has 1 nitrogen and oxygen atoms in total. The molecular weight excluding hydrogens is 177 g/mol. The summed E-state index contributed by atoms with van der Waals surface area (Å²) in [5.41, 5.74) is 0. The monoisotopic (exact) mass is 192 g/mol. The van der Waals surface area contributed by atoms with Crippen LogP contribution < -0.4 is 0 Å². The van der Waals surface area contributed by atoms with Crippen LogP contribution in [0.5, 0.6) is 0 Å². The predicted molar refractivity (Wildman–Crippen MR) is 33.0 cm³/mol. The first-order valence-corrected chi connectivity index (χ1v) is 2.49. The van der Waals surface area contributed by atoms with E-state index in [1.807, 2.05) is 13.8 Å². The summed E-state index contributed by atoms with van der Waals surface area (Å²) in [7, 11) is 0. The summed E-state index contributed by atoms with van der Waals surface area (Å²) in [5, 5.41) is 8.67. The summed E-state index contributed by atoms with van der Waals surface area (Å²) < 4.78 is 0. The van der Waals surface area contributed by atoms with E-state index in [1.54, 1.807) is 0 Å². The van der Waals surface area contributed by atoms with E-state index < -0.39 is 0 Å². The number of hydrogen-bond donors (Lipinski definition) is 1. The van der Waals surface area contributed by atoms with Crippen molar-refractivity contribution >= 4 is 0 Å². The Bertz CT molecular complexity index is 27.7. The first kappa shape index (κ1) is 16.0. The van der Waals surface area contributed by atoms with Gasteiger partial charge in [0.15, 0.2) is 0 Å². The van der Waals surface area contributed by atoms with Crippen molar-refractivity contribution in [3.05, 3.63) is 7.43 Å². The Morgan fingerprint density at radius 2 is 1.50 bits per heavy atom. The molecule has 0 aliphatic carbocycles. The van der Waals surface area contributed by atoms with Crippen LogP contribution in [0.4, 0.5) is 0 Å². The summed E-state index contributed by atoms with van der Waals surface area (Å²) in [6.45, 7) is 3.96. The standard InChI is InChI=1S/C5H12O.CH3.Y/c1-3-5(6)4-2;;/h5-6H,3-4H2,1-2H3;1H3;/q;-1;. The molecule has 0 amide bonds. The first-order chi connectivity index (χ1) is 2.81. The van der Waals surface area contributed by atoms with Crippen molar-refractivity contribution < 1.29 is 37.8 Å². The normalized spacial score (nSPS) is 7.50. The molecule has 0 bridgehead atoms. The minimum absolute atomic E-state index is 0. The summed E-state index contributed by atoms with van der Waals surface area (Å²) in [5.74, 6) is 0. The molecule has 0 aromatic rings. The predicted octanol–water partition coefficient (Wildman–Crippen LogP) is 1.62. The molecule has 1 radical (unpaired) electrons. The average Bonchev–Trinajstić information content (AvgIpc) is 1.65. The van der Waals surface area contributed by atoms with Gasteiger partial charge in [0.2, 0.25) is 0 Å². The Hall–Kier alpha value is 1.06. The summed E-state index contributed by atoms with van der Waals surface area (Å²) in [6, 6.07) is 0. The van der Waals surface area contributed by atoms with Crippen molar-refractivity contribution in [2.45, 2.75) is 32.8 Å².